The van der Waals surface area contributed by atoms with E-state index >= 15 is 0 Å². The third-order valence-corrected chi connectivity index (χ3v) is 4.91. The molecule has 0 aromatic heterocycles. The second-order valence-electron chi connectivity index (χ2n) is 5.54. The fraction of sp³-hybridized carbons (Fsp3) is 0.846. The van der Waals surface area contributed by atoms with Crippen LogP contribution in [0.3, 0.4) is 0 Å². The number of aliphatic carboxylic acids is 1. The minimum Gasteiger partial charge on any atom is -0.481 e. The topological polar surface area (TPSA) is 72.8 Å². The van der Waals surface area contributed by atoms with Gasteiger partial charge in [-0.2, -0.15) is 0 Å². The molecule has 0 aromatic carbocycles. The van der Waals surface area contributed by atoms with Crippen LogP contribution < -0.4 is 0 Å². The largest absolute Gasteiger partial charge is 0.481 e. The molecule has 0 saturated heterocycles. The lowest BCUT2D eigenvalue weighted by atomic mass is 9.69. The number of fused-ring (bicyclic) bond motifs is 2. The molecule has 2 aliphatic carbocycles. The summed E-state index contributed by atoms with van der Waals surface area (Å²) >= 11 is 0. The molecular formula is C13H20O5. The van der Waals surface area contributed by atoms with Crippen LogP contribution in [0.4, 0.5) is 0 Å². The van der Waals surface area contributed by atoms with Crippen LogP contribution in [-0.2, 0) is 19.1 Å². The Labute approximate surface area is 106 Å². The summed E-state index contributed by atoms with van der Waals surface area (Å²) in [5, 5.41) is 9.35. The molecule has 0 amide bonds. The Morgan fingerprint density at radius 2 is 1.72 bits per heavy atom. The van der Waals surface area contributed by atoms with E-state index in [0.717, 1.165) is 6.42 Å². The van der Waals surface area contributed by atoms with Gasteiger partial charge in [0.25, 0.3) is 0 Å². The number of carboxylic acids is 1. The third kappa shape index (κ3) is 1.90. The second-order valence-corrected chi connectivity index (χ2v) is 5.54. The van der Waals surface area contributed by atoms with E-state index in [-0.39, 0.29) is 18.6 Å². The van der Waals surface area contributed by atoms with Crippen LogP contribution in [-0.4, -0.2) is 30.9 Å². The second kappa shape index (κ2) is 4.88. The fourth-order valence-electron chi connectivity index (χ4n) is 3.87. The van der Waals surface area contributed by atoms with E-state index in [1.165, 1.54) is 7.11 Å². The van der Waals surface area contributed by atoms with E-state index in [9.17, 15) is 14.7 Å². The molecule has 2 rings (SSSR count). The molecule has 0 spiro atoms. The van der Waals surface area contributed by atoms with Gasteiger partial charge in [-0.3, -0.25) is 9.59 Å². The van der Waals surface area contributed by atoms with Crippen LogP contribution in [0.25, 0.3) is 0 Å². The number of rotatable bonds is 4. The van der Waals surface area contributed by atoms with Crippen LogP contribution in [0.2, 0.25) is 0 Å². The van der Waals surface area contributed by atoms with E-state index in [2.05, 4.69) is 13.8 Å². The SMILES string of the molecule is COCOC(=O)C1C2CC(C(C)C2C)C1C(=O)O. The summed E-state index contributed by atoms with van der Waals surface area (Å²) in [4.78, 5) is 23.4. The molecule has 2 fully saturated rings. The molecular weight excluding hydrogens is 236 g/mol. The number of methoxy groups -OCH3 is 1. The van der Waals surface area contributed by atoms with Gasteiger partial charge in [-0.1, -0.05) is 13.8 Å². The normalized spacial score (nSPS) is 41.9. The number of hydrogen-bond acceptors (Lipinski definition) is 4. The van der Waals surface area contributed by atoms with Crippen molar-refractivity contribution in [2.45, 2.75) is 20.3 Å². The molecule has 5 heteroatoms. The van der Waals surface area contributed by atoms with E-state index in [4.69, 9.17) is 9.47 Å². The monoisotopic (exact) mass is 256 g/mol. The average Bonchev–Trinajstić information content (AvgIpc) is 2.84. The molecule has 6 atom stereocenters. The van der Waals surface area contributed by atoms with Gasteiger partial charge >= 0.3 is 11.9 Å². The Morgan fingerprint density at radius 3 is 2.22 bits per heavy atom. The van der Waals surface area contributed by atoms with Gasteiger partial charge in [-0.05, 0) is 30.1 Å². The fourth-order valence-corrected chi connectivity index (χ4v) is 3.87. The summed E-state index contributed by atoms with van der Waals surface area (Å²) in [6.07, 6.45) is 0.825. The molecule has 6 unspecified atom stereocenters. The van der Waals surface area contributed by atoms with Crippen LogP contribution >= 0.6 is 0 Å². The smallest absolute Gasteiger partial charge is 0.312 e. The predicted molar refractivity (Wildman–Crippen MR) is 62.5 cm³/mol. The Bertz CT molecular complexity index is 353. The van der Waals surface area contributed by atoms with Gasteiger partial charge in [0, 0.05) is 7.11 Å². The molecule has 2 bridgehead atoms. The van der Waals surface area contributed by atoms with Gasteiger partial charge in [0.05, 0.1) is 11.8 Å². The zero-order chi connectivity index (χ0) is 13.4. The van der Waals surface area contributed by atoms with E-state index in [1.807, 2.05) is 0 Å². The number of esters is 1. The Morgan fingerprint density at radius 1 is 1.17 bits per heavy atom. The molecule has 1 N–H and O–H groups in total. The number of carbonyl (C=O) groups is 2. The highest BCUT2D eigenvalue weighted by Gasteiger charge is 2.60. The van der Waals surface area contributed by atoms with Crippen LogP contribution in [0.5, 0.6) is 0 Å². The van der Waals surface area contributed by atoms with Crippen molar-refractivity contribution in [2.75, 3.05) is 13.9 Å². The Hall–Kier alpha value is -1.10. The third-order valence-electron chi connectivity index (χ3n) is 4.91. The lowest BCUT2D eigenvalue weighted by Crippen LogP contribution is -2.41. The molecule has 0 aromatic rings. The highest BCUT2D eigenvalue weighted by atomic mass is 16.7. The molecule has 2 aliphatic rings. The number of carbonyl (C=O) groups excluding carboxylic acids is 1. The highest BCUT2D eigenvalue weighted by molar-refractivity contribution is 5.82. The quantitative estimate of drug-likeness (QED) is 0.607. The van der Waals surface area contributed by atoms with Crippen molar-refractivity contribution in [2.24, 2.45) is 35.5 Å². The van der Waals surface area contributed by atoms with Crippen molar-refractivity contribution in [1.29, 1.82) is 0 Å². The first-order valence-corrected chi connectivity index (χ1v) is 6.37. The summed E-state index contributed by atoms with van der Waals surface area (Å²) in [6.45, 7) is 4.08. The van der Waals surface area contributed by atoms with Crippen molar-refractivity contribution in [1.82, 2.24) is 0 Å². The predicted octanol–water partition coefficient (Wildman–Crippen LogP) is 1.37. The lowest BCUT2D eigenvalue weighted by Gasteiger charge is -2.34. The van der Waals surface area contributed by atoms with Gasteiger partial charge in [0.1, 0.15) is 0 Å². The van der Waals surface area contributed by atoms with Crippen LogP contribution in [0.1, 0.15) is 20.3 Å². The number of ether oxygens (including phenoxy) is 2. The van der Waals surface area contributed by atoms with Gasteiger partial charge in [-0.15, -0.1) is 0 Å². The Kier molecular flexibility index (Phi) is 3.61. The minimum absolute atomic E-state index is 0.0996. The summed E-state index contributed by atoms with van der Waals surface area (Å²) in [7, 11) is 1.44. The molecule has 102 valence electrons. The van der Waals surface area contributed by atoms with Crippen molar-refractivity contribution in [3.8, 4) is 0 Å². The van der Waals surface area contributed by atoms with E-state index in [0.29, 0.717) is 11.8 Å². The lowest BCUT2D eigenvalue weighted by molar-refractivity contribution is -0.170. The highest BCUT2D eigenvalue weighted by Crippen LogP contribution is 2.58. The number of carboxylic acid groups (broad SMARTS) is 1. The van der Waals surface area contributed by atoms with Crippen molar-refractivity contribution < 1.29 is 24.2 Å². The first-order valence-electron chi connectivity index (χ1n) is 6.37. The molecule has 0 radical (unpaired) electrons. The maximum atomic E-state index is 12.0. The van der Waals surface area contributed by atoms with Gasteiger partial charge in [0.2, 0.25) is 0 Å². The zero-order valence-corrected chi connectivity index (χ0v) is 11.0. The molecule has 0 heterocycles. The van der Waals surface area contributed by atoms with Gasteiger partial charge < -0.3 is 14.6 Å². The average molecular weight is 256 g/mol. The maximum Gasteiger partial charge on any atom is 0.312 e. The van der Waals surface area contributed by atoms with E-state index in [1.54, 1.807) is 0 Å². The first kappa shape index (κ1) is 13.3. The molecule has 5 nitrogen and oxygen atoms in total. The maximum absolute atomic E-state index is 12.0. The summed E-state index contributed by atoms with van der Waals surface area (Å²) < 4.78 is 9.67. The van der Waals surface area contributed by atoms with Crippen molar-refractivity contribution >= 4 is 11.9 Å². The molecule has 2 saturated carbocycles. The zero-order valence-electron chi connectivity index (χ0n) is 11.0. The van der Waals surface area contributed by atoms with Crippen LogP contribution in [0.15, 0.2) is 0 Å². The van der Waals surface area contributed by atoms with Crippen molar-refractivity contribution in [3.63, 3.8) is 0 Å². The van der Waals surface area contributed by atoms with E-state index < -0.39 is 23.8 Å². The number of hydrogen-bond donors (Lipinski definition) is 1. The Balaban J connectivity index is 2.17. The van der Waals surface area contributed by atoms with Gasteiger partial charge in [-0.25, -0.2) is 0 Å². The summed E-state index contributed by atoms with van der Waals surface area (Å²) in [5.41, 5.74) is 0. The molecule has 0 aliphatic heterocycles. The molecule has 18 heavy (non-hydrogen) atoms. The van der Waals surface area contributed by atoms with Crippen molar-refractivity contribution in [3.05, 3.63) is 0 Å². The first-order chi connectivity index (χ1) is 8.49. The van der Waals surface area contributed by atoms with Gasteiger partial charge in [0.15, 0.2) is 6.79 Å². The summed E-state index contributed by atoms with van der Waals surface area (Å²) in [6, 6.07) is 0. The summed E-state index contributed by atoms with van der Waals surface area (Å²) in [5.74, 6) is -1.41. The van der Waals surface area contributed by atoms with Crippen LogP contribution in [0, 0.1) is 35.5 Å². The standard InChI is InChI=1S/C13H20O5/c1-6-7(2)9-4-8(6)10(12(14)15)11(9)13(16)18-5-17-3/h6-11H,4-5H2,1-3H3,(H,14,15). The minimum atomic E-state index is -0.874.